The number of para-hydroxylation sites is 2. The molecule has 0 saturated carbocycles. The van der Waals surface area contributed by atoms with Crippen molar-refractivity contribution < 1.29 is 4.79 Å². The first-order valence-corrected chi connectivity index (χ1v) is 9.71. The molecule has 4 rings (SSSR count). The van der Waals surface area contributed by atoms with Gasteiger partial charge in [0.2, 0.25) is 5.91 Å². The second-order valence-corrected chi connectivity index (χ2v) is 8.20. The van der Waals surface area contributed by atoms with Gasteiger partial charge in [0.1, 0.15) is 5.82 Å². The maximum absolute atomic E-state index is 12.6. The standard InChI is InChI=1S/C23H26N4O/c1-23(2,3)24-15-20(28)26-21-17-11-7-8-12-19(17)25-22-18(21)13-14-27(22)16-9-5-4-6-10-16/h4-12,24H,13-15H2,1-3H3,(H,25,26,28). The number of hydrogen-bond donors (Lipinski definition) is 2. The number of rotatable bonds is 4. The zero-order chi connectivity index (χ0) is 19.7. The SMILES string of the molecule is CC(C)(C)NCC(=O)Nc1c2c(nc3ccccc13)N(c1ccccc1)CC2. The highest BCUT2D eigenvalue weighted by Crippen LogP contribution is 2.40. The largest absolute Gasteiger partial charge is 0.326 e. The molecule has 2 aromatic carbocycles. The Kier molecular flexibility index (Phi) is 4.77. The quantitative estimate of drug-likeness (QED) is 0.717. The minimum absolute atomic E-state index is 0.0355. The molecule has 0 spiro atoms. The number of nitrogens with one attached hydrogen (secondary N) is 2. The zero-order valence-electron chi connectivity index (χ0n) is 16.6. The first kappa shape index (κ1) is 18.4. The number of carbonyl (C=O) groups is 1. The van der Waals surface area contributed by atoms with Crippen LogP contribution in [0.15, 0.2) is 54.6 Å². The predicted molar refractivity (Wildman–Crippen MR) is 115 cm³/mol. The molecule has 0 aliphatic carbocycles. The van der Waals surface area contributed by atoms with E-state index in [-0.39, 0.29) is 18.0 Å². The first-order valence-electron chi connectivity index (χ1n) is 9.71. The second kappa shape index (κ2) is 7.24. The minimum atomic E-state index is -0.107. The third-order valence-electron chi connectivity index (χ3n) is 4.92. The van der Waals surface area contributed by atoms with Gasteiger partial charge in [0.15, 0.2) is 0 Å². The molecule has 5 nitrogen and oxygen atoms in total. The molecule has 3 aromatic rings. The van der Waals surface area contributed by atoms with Crippen LogP contribution in [0.2, 0.25) is 0 Å². The van der Waals surface area contributed by atoms with E-state index >= 15 is 0 Å². The third-order valence-corrected chi connectivity index (χ3v) is 4.92. The van der Waals surface area contributed by atoms with Gasteiger partial charge in [-0.25, -0.2) is 4.98 Å². The van der Waals surface area contributed by atoms with Crippen LogP contribution in [0.3, 0.4) is 0 Å². The molecule has 5 heteroatoms. The lowest BCUT2D eigenvalue weighted by molar-refractivity contribution is -0.115. The number of amides is 1. The molecule has 0 unspecified atom stereocenters. The summed E-state index contributed by atoms with van der Waals surface area (Å²) in [6, 6.07) is 18.3. The van der Waals surface area contributed by atoms with Gasteiger partial charge in [0.25, 0.3) is 0 Å². The number of nitrogens with zero attached hydrogens (tertiary/aromatic N) is 2. The average molecular weight is 374 g/mol. The average Bonchev–Trinajstić information content (AvgIpc) is 3.10. The van der Waals surface area contributed by atoms with Crippen LogP contribution in [-0.2, 0) is 11.2 Å². The third kappa shape index (κ3) is 3.71. The van der Waals surface area contributed by atoms with Crippen molar-refractivity contribution in [1.82, 2.24) is 10.3 Å². The molecule has 2 N–H and O–H groups in total. The summed E-state index contributed by atoms with van der Waals surface area (Å²) in [5.74, 6) is 0.899. The smallest absolute Gasteiger partial charge is 0.238 e. The molecule has 0 radical (unpaired) electrons. The van der Waals surface area contributed by atoms with Crippen LogP contribution in [0.25, 0.3) is 10.9 Å². The van der Waals surface area contributed by atoms with Crippen molar-refractivity contribution in [1.29, 1.82) is 0 Å². The van der Waals surface area contributed by atoms with Gasteiger partial charge in [-0.05, 0) is 45.4 Å². The van der Waals surface area contributed by atoms with E-state index in [1.54, 1.807) is 0 Å². The first-order chi connectivity index (χ1) is 13.4. The van der Waals surface area contributed by atoms with Gasteiger partial charge in [-0.3, -0.25) is 4.79 Å². The maximum atomic E-state index is 12.6. The normalized spacial score (nSPS) is 13.6. The molecule has 0 bridgehead atoms. The fraction of sp³-hybridized carbons (Fsp3) is 0.304. The van der Waals surface area contributed by atoms with Gasteiger partial charge in [-0.1, -0.05) is 36.4 Å². The van der Waals surface area contributed by atoms with Crippen molar-refractivity contribution >= 4 is 34.0 Å². The number of pyridine rings is 1. The summed E-state index contributed by atoms with van der Waals surface area (Å²) in [5, 5.41) is 7.40. The molecule has 28 heavy (non-hydrogen) atoms. The molecular weight excluding hydrogens is 348 g/mol. The van der Waals surface area contributed by atoms with E-state index in [9.17, 15) is 4.79 Å². The number of fused-ring (bicyclic) bond motifs is 2. The Hall–Kier alpha value is -2.92. The Balaban J connectivity index is 1.73. The molecule has 144 valence electrons. The molecule has 0 fully saturated rings. The number of hydrogen-bond acceptors (Lipinski definition) is 4. The van der Waals surface area contributed by atoms with Crippen molar-refractivity contribution in [2.75, 3.05) is 23.3 Å². The molecule has 0 atom stereocenters. The highest BCUT2D eigenvalue weighted by molar-refractivity contribution is 6.05. The predicted octanol–water partition coefficient (Wildman–Crippen LogP) is 4.26. The van der Waals surface area contributed by atoms with Crippen LogP contribution in [-0.4, -0.2) is 29.5 Å². The van der Waals surface area contributed by atoms with E-state index in [0.717, 1.165) is 46.6 Å². The van der Waals surface area contributed by atoms with Gasteiger partial charge in [-0.15, -0.1) is 0 Å². The lowest BCUT2D eigenvalue weighted by Crippen LogP contribution is -2.41. The Morgan fingerprint density at radius 1 is 1.07 bits per heavy atom. The van der Waals surface area contributed by atoms with E-state index in [1.165, 1.54) is 0 Å². The van der Waals surface area contributed by atoms with Crippen LogP contribution in [0.1, 0.15) is 26.3 Å². The van der Waals surface area contributed by atoms with Gasteiger partial charge in [0, 0.05) is 28.7 Å². The van der Waals surface area contributed by atoms with Crippen molar-refractivity contribution in [2.24, 2.45) is 0 Å². The van der Waals surface area contributed by atoms with E-state index in [1.807, 2.05) is 42.5 Å². The van der Waals surface area contributed by atoms with Gasteiger partial charge in [-0.2, -0.15) is 0 Å². The van der Waals surface area contributed by atoms with Crippen molar-refractivity contribution in [2.45, 2.75) is 32.7 Å². The molecule has 0 saturated heterocycles. The Morgan fingerprint density at radius 2 is 1.79 bits per heavy atom. The molecule has 1 aromatic heterocycles. The van der Waals surface area contributed by atoms with Gasteiger partial charge in [0.05, 0.1) is 17.7 Å². The molecule has 1 aliphatic rings. The number of carbonyl (C=O) groups excluding carboxylic acids is 1. The van der Waals surface area contributed by atoms with E-state index in [2.05, 4.69) is 48.4 Å². The number of benzene rings is 2. The fourth-order valence-corrected chi connectivity index (χ4v) is 3.56. The molecule has 1 amide bonds. The Labute approximate surface area is 165 Å². The highest BCUT2D eigenvalue weighted by atomic mass is 16.1. The highest BCUT2D eigenvalue weighted by Gasteiger charge is 2.27. The lowest BCUT2D eigenvalue weighted by atomic mass is 10.1. The summed E-state index contributed by atoms with van der Waals surface area (Å²) >= 11 is 0. The van der Waals surface area contributed by atoms with Crippen molar-refractivity contribution in [3.05, 3.63) is 60.2 Å². The van der Waals surface area contributed by atoms with Crippen LogP contribution in [0.4, 0.5) is 17.2 Å². The molecular formula is C23H26N4O. The second-order valence-electron chi connectivity index (χ2n) is 8.20. The van der Waals surface area contributed by atoms with Crippen molar-refractivity contribution in [3.63, 3.8) is 0 Å². The number of aromatic nitrogens is 1. The van der Waals surface area contributed by atoms with Crippen molar-refractivity contribution in [3.8, 4) is 0 Å². The summed E-state index contributed by atoms with van der Waals surface area (Å²) in [6.07, 6.45) is 0.852. The fourth-order valence-electron chi connectivity index (χ4n) is 3.56. The maximum Gasteiger partial charge on any atom is 0.238 e. The summed E-state index contributed by atoms with van der Waals surface area (Å²) in [7, 11) is 0. The van der Waals surface area contributed by atoms with E-state index in [0.29, 0.717) is 0 Å². The minimum Gasteiger partial charge on any atom is -0.326 e. The summed E-state index contributed by atoms with van der Waals surface area (Å²) in [6.45, 7) is 7.29. The summed E-state index contributed by atoms with van der Waals surface area (Å²) in [4.78, 5) is 19.8. The number of anilines is 3. The van der Waals surface area contributed by atoms with Crippen LogP contribution in [0, 0.1) is 0 Å². The monoisotopic (exact) mass is 374 g/mol. The van der Waals surface area contributed by atoms with Gasteiger partial charge < -0.3 is 15.5 Å². The topological polar surface area (TPSA) is 57.3 Å². The summed E-state index contributed by atoms with van der Waals surface area (Å²) < 4.78 is 0. The van der Waals surface area contributed by atoms with Crippen LogP contribution in [0.5, 0.6) is 0 Å². The summed E-state index contributed by atoms with van der Waals surface area (Å²) in [5.41, 5.74) is 3.90. The van der Waals surface area contributed by atoms with Gasteiger partial charge >= 0.3 is 0 Å². The Morgan fingerprint density at radius 3 is 2.54 bits per heavy atom. The Bertz CT molecular complexity index is 1010. The van der Waals surface area contributed by atoms with E-state index in [4.69, 9.17) is 4.98 Å². The zero-order valence-corrected chi connectivity index (χ0v) is 16.6. The van der Waals surface area contributed by atoms with Crippen LogP contribution < -0.4 is 15.5 Å². The molecule has 1 aliphatic heterocycles. The van der Waals surface area contributed by atoms with E-state index < -0.39 is 0 Å². The lowest BCUT2D eigenvalue weighted by Gasteiger charge is -2.21. The molecule has 2 heterocycles. The van der Waals surface area contributed by atoms with Crippen LogP contribution >= 0.6 is 0 Å².